The summed E-state index contributed by atoms with van der Waals surface area (Å²) in [5, 5.41) is 3.35. The van der Waals surface area contributed by atoms with Crippen molar-refractivity contribution in [1.29, 1.82) is 0 Å². The number of hydrogen-bond acceptors (Lipinski definition) is 7. The van der Waals surface area contributed by atoms with Crippen LogP contribution < -0.4 is 10.0 Å². The average molecular weight is 569 g/mol. The summed E-state index contributed by atoms with van der Waals surface area (Å²) in [7, 11) is -3.51. The smallest absolute Gasteiger partial charge is 0.257 e. The van der Waals surface area contributed by atoms with Crippen molar-refractivity contribution in [3.8, 4) is 0 Å². The van der Waals surface area contributed by atoms with E-state index in [4.69, 9.17) is 0 Å². The number of carbonyl (C=O) groups excluding carboxylic acids is 2. The number of amides is 2. The molecule has 2 unspecified atom stereocenters. The molecule has 0 bridgehead atoms. The van der Waals surface area contributed by atoms with Crippen LogP contribution in [0.4, 0.5) is 5.95 Å². The molecule has 3 heterocycles. The van der Waals surface area contributed by atoms with Crippen LogP contribution in [0.15, 0.2) is 30.3 Å². The third-order valence-electron chi connectivity index (χ3n) is 8.59. The summed E-state index contributed by atoms with van der Waals surface area (Å²) in [6.45, 7) is 7.54. The maximum Gasteiger partial charge on any atom is 0.257 e. The predicted molar refractivity (Wildman–Crippen MR) is 153 cm³/mol. The fourth-order valence-corrected chi connectivity index (χ4v) is 7.05. The Morgan fingerprint density at radius 3 is 2.15 bits per heavy atom. The molecule has 1 aliphatic carbocycles. The summed E-state index contributed by atoms with van der Waals surface area (Å²) in [5.74, 6) is 1.02. The van der Waals surface area contributed by atoms with E-state index in [1.165, 1.54) is 0 Å². The third kappa shape index (κ3) is 6.63. The van der Waals surface area contributed by atoms with E-state index >= 15 is 0 Å². The number of rotatable bonds is 9. The Morgan fingerprint density at radius 2 is 1.57 bits per heavy atom. The van der Waals surface area contributed by atoms with Gasteiger partial charge in [-0.3, -0.25) is 14.3 Å². The van der Waals surface area contributed by atoms with Crippen LogP contribution in [-0.2, 0) is 14.8 Å². The summed E-state index contributed by atoms with van der Waals surface area (Å²) in [4.78, 5) is 39.2. The maximum atomic E-state index is 13.4. The van der Waals surface area contributed by atoms with Crippen molar-refractivity contribution in [3.05, 3.63) is 52.8 Å². The number of nitrogens with one attached hydrogen (secondary N) is 2. The summed E-state index contributed by atoms with van der Waals surface area (Å²) in [5.41, 5.74) is 2.53. The monoisotopic (exact) mass is 568 g/mol. The molecule has 3 atom stereocenters. The summed E-state index contributed by atoms with van der Waals surface area (Å²) >= 11 is 0. The Hall–Kier alpha value is -3.05. The Bertz CT molecular complexity index is 1310. The van der Waals surface area contributed by atoms with E-state index in [-0.39, 0.29) is 29.7 Å². The number of anilines is 1. The van der Waals surface area contributed by atoms with Crippen molar-refractivity contribution < 1.29 is 18.0 Å². The van der Waals surface area contributed by atoms with Gasteiger partial charge in [-0.1, -0.05) is 43.2 Å². The third-order valence-corrected chi connectivity index (χ3v) is 9.14. The number of aromatic nitrogens is 2. The van der Waals surface area contributed by atoms with Crippen LogP contribution in [-0.4, -0.2) is 79.0 Å². The zero-order valence-corrected chi connectivity index (χ0v) is 24.4. The van der Waals surface area contributed by atoms with Gasteiger partial charge in [-0.15, -0.1) is 0 Å². The molecule has 5 rings (SSSR count). The summed E-state index contributed by atoms with van der Waals surface area (Å²) in [6.07, 6.45) is 6.16. The fraction of sp³-hybridized carbons (Fsp3) is 0.586. The molecule has 3 aliphatic rings. The van der Waals surface area contributed by atoms with Gasteiger partial charge in [0.05, 0.1) is 29.2 Å². The maximum absolute atomic E-state index is 13.4. The van der Waals surface area contributed by atoms with Crippen molar-refractivity contribution in [2.75, 3.05) is 43.7 Å². The molecule has 11 heteroatoms. The van der Waals surface area contributed by atoms with E-state index in [1.807, 2.05) is 23.1 Å². The van der Waals surface area contributed by atoms with Gasteiger partial charge in [0.15, 0.2) is 0 Å². The Balaban J connectivity index is 1.17. The van der Waals surface area contributed by atoms with Crippen molar-refractivity contribution in [3.63, 3.8) is 0 Å². The number of aryl methyl sites for hydroxylation is 2. The van der Waals surface area contributed by atoms with E-state index in [0.717, 1.165) is 63.6 Å². The SMILES string of the molecule is Cc1nc(NS(C)(=O)=O)nc(C)c1C(=O)N1CC2CN(CC[C@H](NC(=O)C3CCCC3)c3ccccc3)CC2C1. The number of sulfonamides is 1. The molecule has 2 aliphatic heterocycles. The zero-order chi connectivity index (χ0) is 28.4. The van der Waals surface area contributed by atoms with Crippen LogP contribution in [0, 0.1) is 31.6 Å². The first-order valence-corrected chi connectivity index (χ1v) is 16.2. The van der Waals surface area contributed by atoms with Gasteiger partial charge in [0.25, 0.3) is 5.91 Å². The first kappa shape index (κ1) is 28.5. The molecule has 216 valence electrons. The lowest BCUT2D eigenvalue weighted by molar-refractivity contribution is -0.125. The second-order valence-corrected chi connectivity index (χ2v) is 13.4. The lowest BCUT2D eigenvalue weighted by atomic mass is 10.0. The van der Waals surface area contributed by atoms with Crippen LogP contribution in [0.2, 0.25) is 0 Å². The second kappa shape index (κ2) is 11.8. The van der Waals surface area contributed by atoms with Gasteiger partial charge in [0.2, 0.25) is 21.9 Å². The van der Waals surface area contributed by atoms with Crippen LogP contribution in [0.5, 0.6) is 0 Å². The van der Waals surface area contributed by atoms with Crippen molar-refractivity contribution in [1.82, 2.24) is 25.1 Å². The molecule has 1 aromatic heterocycles. The van der Waals surface area contributed by atoms with Crippen LogP contribution in [0.3, 0.4) is 0 Å². The van der Waals surface area contributed by atoms with Crippen LogP contribution in [0.25, 0.3) is 0 Å². The topological polar surface area (TPSA) is 125 Å². The summed E-state index contributed by atoms with van der Waals surface area (Å²) in [6, 6.07) is 10.3. The fourth-order valence-electron chi connectivity index (χ4n) is 6.63. The van der Waals surface area contributed by atoms with Crippen molar-refractivity contribution in [2.45, 2.75) is 52.0 Å². The van der Waals surface area contributed by atoms with Gasteiger partial charge in [-0.2, -0.15) is 0 Å². The Labute approximate surface area is 237 Å². The van der Waals surface area contributed by atoms with Crippen molar-refractivity contribution >= 4 is 27.8 Å². The van der Waals surface area contributed by atoms with E-state index in [2.05, 4.69) is 37.0 Å². The predicted octanol–water partition coefficient (Wildman–Crippen LogP) is 2.91. The van der Waals surface area contributed by atoms with Gasteiger partial charge in [-0.25, -0.2) is 18.4 Å². The van der Waals surface area contributed by atoms with Crippen molar-refractivity contribution in [2.24, 2.45) is 17.8 Å². The zero-order valence-electron chi connectivity index (χ0n) is 23.6. The number of hydrogen-bond donors (Lipinski definition) is 2. The highest BCUT2D eigenvalue weighted by Crippen LogP contribution is 2.33. The number of fused-ring (bicyclic) bond motifs is 1. The molecule has 2 amide bonds. The molecular formula is C29H40N6O4S. The minimum Gasteiger partial charge on any atom is -0.349 e. The van der Waals surface area contributed by atoms with Gasteiger partial charge in [0.1, 0.15) is 0 Å². The van der Waals surface area contributed by atoms with E-state index in [0.29, 0.717) is 41.9 Å². The molecule has 2 saturated heterocycles. The molecular weight excluding hydrogens is 528 g/mol. The minimum absolute atomic E-state index is 0.000996. The summed E-state index contributed by atoms with van der Waals surface area (Å²) < 4.78 is 25.4. The second-order valence-electron chi connectivity index (χ2n) is 11.7. The van der Waals surface area contributed by atoms with Crippen LogP contribution in [0.1, 0.15) is 65.5 Å². The van der Waals surface area contributed by atoms with Gasteiger partial charge < -0.3 is 15.1 Å². The molecule has 40 heavy (non-hydrogen) atoms. The normalized spacial score (nSPS) is 22.3. The lowest BCUT2D eigenvalue weighted by Crippen LogP contribution is -2.37. The largest absolute Gasteiger partial charge is 0.349 e. The molecule has 3 fully saturated rings. The highest BCUT2D eigenvalue weighted by molar-refractivity contribution is 7.91. The first-order valence-electron chi connectivity index (χ1n) is 14.3. The molecule has 0 spiro atoms. The number of benzene rings is 1. The number of likely N-dealkylation sites (tertiary alicyclic amines) is 2. The number of carbonyl (C=O) groups is 2. The molecule has 1 saturated carbocycles. The first-order chi connectivity index (χ1) is 19.1. The Kier molecular flexibility index (Phi) is 8.42. The van der Waals surface area contributed by atoms with E-state index in [1.54, 1.807) is 13.8 Å². The molecule has 0 radical (unpaired) electrons. The van der Waals surface area contributed by atoms with E-state index < -0.39 is 10.0 Å². The molecule has 2 N–H and O–H groups in total. The number of nitrogens with zero attached hydrogens (tertiary/aromatic N) is 4. The minimum atomic E-state index is -3.51. The standard InChI is InChI=1S/C29H40N6O4S/c1-19-26(20(2)31-29(30-19)33-40(3,38)39)28(37)35-17-23-15-34(16-24(23)18-35)14-13-25(21-9-5-4-6-10-21)32-27(36)22-11-7-8-12-22/h4-6,9-10,22-25H,7-8,11-18H2,1-3H3,(H,32,36)(H,30,31,33)/t23?,24?,25-/m0/s1. The van der Waals surface area contributed by atoms with E-state index in [9.17, 15) is 18.0 Å². The van der Waals surface area contributed by atoms with Gasteiger partial charge in [-0.05, 0) is 50.5 Å². The quantitative estimate of drug-likeness (QED) is 0.477. The molecule has 10 nitrogen and oxygen atoms in total. The molecule has 1 aromatic carbocycles. The highest BCUT2D eigenvalue weighted by Gasteiger charge is 2.42. The highest BCUT2D eigenvalue weighted by atomic mass is 32.2. The van der Waals surface area contributed by atoms with Crippen LogP contribution >= 0.6 is 0 Å². The lowest BCUT2D eigenvalue weighted by Gasteiger charge is -2.26. The van der Waals surface area contributed by atoms with Gasteiger partial charge in [0, 0.05) is 38.6 Å². The average Bonchev–Trinajstić information content (AvgIpc) is 3.62. The Morgan fingerprint density at radius 1 is 0.975 bits per heavy atom. The molecule has 2 aromatic rings. The van der Waals surface area contributed by atoms with Gasteiger partial charge >= 0.3 is 0 Å².